The van der Waals surface area contributed by atoms with E-state index in [0.29, 0.717) is 16.7 Å². The zero-order valence-electron chi connectivity index (χ0n) is 23.0. The first kappa shape index (κ1) is 29.5. The lowest BCUT2D eigenvalue weighted by molar-refractivity contribution is -0.194. The summed E-state index contributed by atoms with van der Waals surface area (Å²) in [6.45, 7) is 2.31. The summed E-state index contributed by atoms with van der Waals surface area (Å²) >= 11 is 0. The highest BCUT2D eigenvalue weighted by Gasteiger charge is 2.73. The van der Waals surface area contributed by atoms with Gasteiger partial charge in [0.2, 0.25) is 5.91 Å². The van der Waals surface area contributed by atoms with Gasteiger partial charge in [-0.05, 0) is 30.5 Å². The van der Waals surface area contributed by atoms with E-state index >= 15 is 0 Å². The highest BCUT2D eigenvalue weighted by molar-refractivity contribution is 6.13. The second-order valence-corrected chi connectivity index (χ2v) is 10.0. The SMILES string of the molecule is CCOC(=O)[C@@H](Cc1ccccc1)N1C(=O)CC(C)(O)C1(C(=O)OCc1ccccc1)C(=O)OCc1ccccc1. The lowest BCUT2D eigenvalue weighted by Gasteiger charge is -2.42. The van der Waals surface area contributed by atoms with Crippen LogP contribution in [0, 0.1) is 0 Å². The summed E-state index contributed by atoms with van der Waals surface area (Å²) in [5, 5.41) is 11.7. The molecule has 1 unspecified atom stereocenters. The molecule has 0 bridgehead atoms. The highest BCUT2D eigenvalue weighted by Crippen LogP contribution is 2.44. The molecule has 214 valence electrons. The Labute approximate surface area is 238 Å². The molecule has 1 N–H and O–H groups in total. The van der Waals surface area contributed by atoms with Gasteiger partial charge in [0.05, 0.1) is 13.0 Å². The molecule has 9 heteroatoms. The van der Waals surface area contributed by atoms with E-state index in [0.717, 1.165) is 4.90 Å². The van der Waals surface area contributed by atoms with Crippen LogP contribution in [0.15, 0.2) is 91.0 Å². The maximum absolute atomic E-state index is 14.1. The fourth-order valence-electron chi connectivity index (χ4n) is 5.09. The monoisotopic (exact) mass is 559 g/mol. The third-order valence-corrected chi connectivity index (χ3v) is 7.06. The van der Waals surface area contributed by atoms with E-state index in [9.17, 15) is 24.3 Å². The third-order valence-electron chi connectivity index (χ3n) is 7.06. The van der Waals surface area contributed by atoms with Gasteiger partial charge in [-0.1, -0.05) is 91.0 Å². The maximum atomic E-state index is 14.1. The van der Waals surface area contributed by atoms with E-state index in [1.807, 2.05) is 0 Å². The molecule has 0 saturated carbocycles. The van der Waals surface area contributed by atoms with Gasteiger partial charge in [-0.2, -0.15) is 0 Å². The minimum absolute atomic E-state index is 0.00749. The summed E-state index contributed by atoms with van der Waals surface area (Å²) in [6.07, 6.45) is -0.709. The molecular formula is C32H33NO8. The van der Waals surface area contributed by atoms with Gasteiger partial charge in [-0.3, -0.25) is 4.79 Å². The van der Waals surface area contributed by atoms with Crippen molar-refractivity contribution in [1.82, 2.24) is 4.90 Å². The molecule has 0 spiro atoms. The van der Waals surface area contributed by atoms with Crippen molar-refractivity contribution >= 4 is 23.8 Å². The van der Waals surface area contributed by atoms with Gasteiger partial charge in [0.15, 0.2) is 0 Å². The summed E-state index contributed by atoms with van der Waals surface area (Å²) in [7, 11) is 0. The minimum Gasteiger partial charge on any atom is -0.464 e. The molecule has 41 heavy (non-hydrogen) atoms. The molecule has 1 saturated heterocycles. The van der Waals surface area contributed by atoms with Crippen LogP contribution in [0.4, 0.5) is 0 Å². The maximum Gasteiger partial charge on any atom is 0.347 e. The van der Waals surface area contributed by atoms with E-state index in [1.165, 1.54) is 6.92 Å². The van der Waals surface area contributed by atoms with Crippen LogP contribution in [0.25, 0.3) is 0 Å². The molecule has 0 radical (unpaired) electrons. The first-order chi connectivity index (χ1) is 19.7. The Bertz CT molecular complexity index is 1300. The van der Waals surface area contributed by atoms with Crippen molar-refractivity contribution in [2.75, 3.05) is 6.61 Å². The molecule has 3 aromatic carbocycles. The van der Waals surface area contributed by atoms with Gasteiger partial charge < -0.3 is 24.2 Å². The number of amides is 1. The predicted molar refractivity (Wildman–Crippen MR) is 148 cm³/mol. The number of ether oxygens (including phenoxy) is 3. The van der Waals surface area contributed by atoms with Crippen molar-refractivity contribution in [2.45, 2.75) is 57.1 Å². The summed E-state index contributed by atoms with van der Waals surface area (Å²) < 4.78 is 16.5. The van der Waals surface area contributed by atoms with Gasteiger partial charge in [0.25, 0.3) is 5.54 Å². The molecule has 1 aliphatic rings. The zero-order chi connectivity index (χ0) is 29.5. The van der Waals surface area contributed by atoms with Gasteiger partial charge in [-0.25, -0.2) is 14.4 Å². The van der Waals surface area contributed by atoms with Crippen molar-refractivity contribution < 1.29 is 38.5 Å². The van der Waals surface area contributed by atoms with Crippen molar-refractivity contribution in [3.05, 3.63) is 108 Å². The Hall–Kier alpha value is -4.50. The molecule has 0 aromatic heterocycles. The molecule has 4 rings (SSSR count). The smallest absolute Gasteiger partial charge is 0.347 e. The van der Waals surface area contributed by atoms with E-state index < -0.39 is 47.4 Å². The highest BCUT2D eigenvalue weighted by atomic mass is 16.6. The molecule has 1 aliphatic heterocycles. The van der Waals surface area contributed by atoms with Crippen molar-refractivity contribution in [1.29, 1.82) is 0 Å². The Balaban J connectivity index is 1.80. The fraction of sp³-hybridized carbons (Fsp3) is 0.312. The number of nitrogens with zero attached hydrogens (tertiary/aromatic N) is 1. The number of esters is 3. The minimum atomic E-state index is -2.69. The van der Waals surface area contributed by atoms with E-state index in [4.69, 9.17) is 14.2 Å². The van der Waals surface area contributed by atoms with Crippen molar-refractivity contribution in [2.24, 2.45) is 0 Å². The second-order valence-electron chi connectivity index (χ2n) is 10.0. The van der Waals surface area contributed by atoms with E-state index in [-0.39, 0.29) is 26.2 Å². The topological polar surface area (TPSA) is 119 Å². The van der Waals surface area contributed by atoms with Crippen LogP contribution < -0.4 is 0 Å². The van der Waals surface area contributed by atoms with E-state index in [1.54, 1.807) is 97.9 Å². The van der Waals surface area contributed by atoms with Crippen LogP contribution in [0.1, 0.15) is 37.0 Å². The van der Waals surface area contributed by atoms with Gasteiger partial charge in [-0.15, -0.1) is 0 Å². The number of likely N-dealkylation sites (tertiary alicyclic amines) is 1. The summed E-state index contributed by atoms with van der Waals surface area (Å²) in [5.74, 6) is -4.05. The molecule has 9 nitrogen and oxygen atoms in total. The van der Waals surface area contributed by atoms with Crippen molar-refractivity contribution in [3.63, 3.8) is 0 Å². The lowest BCUT2D eigenvalue weighted by atomic mass is 9.80. The standard InChI is InChI=1S/C32H33NO8/c1-3-39-28(35)26(19-23-13-7-4-8-14-23)33-27(34)20-31(2,38)32(33,29(36)40-21-24-15-9-5-10-16-24)30(37)41-22-25-17-11-6-12-18-25/h4-18,26,38H,3,19-22H2,1-2H3/t26-,31?/m1/s1. The average molecular weight is 560 g/mol. The lowest BCUT2D eigenvalue weighted by Crippen LogP contribution is -2.71. The number of benzene rings is 3. The Morgan fingerprint density at radius 1 is 0.780 bits per heavy atom. The van der Waals surface area contributed by atoms with Crippen LogP contribution in [0.2, 0.25) is 0 Å². The Morgan fingerprint density at radius 3 is 1.66 bits per heavy atom. The second kappa shape index (κ2) is 12.8. The number of hydrogen-bond acceptors (Lipinski definition) is 8. The number of rotatable bonds is 11. The number of hydrogen-bond donors (Lipinski definition) is 1. The molecule has 3 aromatic rings. The number of carbonyl (C=O) groups excluding carboxylic acids is 4. The van der Waals surface area contributed by atoms with Crippen molar-refractivity contribution in [3.8, 4) is 0 Å². The first-order valence-electron chi connectivity index (χ1n) is 13.4. The summed E-state index contributed by atoms with van der Waals surface area (Å²) in [6, 6.07) is 24.9. The Kier molecular flexibility index (Phi) is 9.19. The summed E-state index contributed by atoms with van der Waals surface area (Å²) in [4.78, 5) is 56.0. The zero-order valence-corrected chi connectivity index (χ0v) is 23.0. The normalized spacial score (nSPS) is 18.4. The predicted octanol–water partition coefficient (Wildman–Crippen LogP) is 3.37. The quantitative estimate of drug-likeness (QED) is 0.216. The third kappa shape index (κ3) is 6.15. The number of carbonyl (C=O) groups is 4. The van der Waals surface area contributed by atoms with Crippen LogP contribution >= 0.6 is 0 Å². The van der Waals surface area contributed by atoms with E-state index in [2.05, 4.69) is 0 Å². The molecule has 1 heterocycles. The molecule has 2 atom stereocenters. The largest absolute Gasteiger partial charge is 0.464 e. The molecular weight excluding hydrogens is 526 g/mol. The van der Waals surface area contributed by atoms with Crippen LogP contribution in [-0.2, 0) is 53.0 Å². The van der Waals surface area contributed by atoms with Crippen LogP contribution in [0.3, 0.4) is 0 Å². The first-order valence-corrected chi connectivity index (χ1v) is 13.4. The van der Waals surface area contributed by atoms with Crippen LogP contribution in [0.5, 0.6) is 0 Å². The summed E-state index contributed by atoms with van der Waals surface area (Å²) in [5.41, 5.74) is -3.09. The number of aliphatic hydroxyl groups is 1. The average Bonchev–Trinajstić information content (AvgIpc) is 3.19. The van der Waals surface area contributed by atoms with Gasteiger partial charge in [0, 0.05) is 6.42 Å². The van der Waals surface area contributed by atoms with Crippen LogP contribution in [-0.4, -0.2) is 57.6 Å². The van der Waals surface area contributed by atoms with Gasteiger partial charge in [0.1, 0.15) is 24.9 Å². The Morgan fingerprint density at radius 2 is 1.22 bits per heavy atom. The molecule has 1 fully saturated rings. The fourth-order valence-corrected chi connectivity index (χ4v) is 5.09. The molecule has 0 aliphatic carbocycles. The van der Waals surface area contributed by atoms with Gasteiger partial charge >= 0.3 is 17.9 Å². The molecule has 1 amide bonds.